The van der Waals surface area contributed by atoms with Gasteiger partial charge in [-0.3, -0.25) is 0 Å². The van der Waals surface area contributed by atoms with Gasteiger partial charge >= 0.3 is 0 Å². The summed E-state index contributed by atoms with van der Waals surface area (Å²) >= 11 is 12.5. The number of ether oxygens (including phenoxy) is 1. The van der Waals surface area contributed by atoms with E-state index in [-0.39, 0.29) is 31.4 Å². The van der Waals surface area contributed by atoms with Gasteiger partial charge in [-0.1, -0.05) is 53.0 Å². The van der Waals surface area contributed by atoms with E-state index in [1.807, 2.05) is 6.07 Å². The summed E-state index contributed by atoms with van der Waals surface area (Å²) in [7, 11) is 0. The van der Waals surface area contributed by atoms with Crippen molar-refractivity contribution in [2.24, 2.45) is 0 Å². The minimum Gasteiger partial charge on any atom is -0.487 e. The van der Waals surface area contributed by atoms with Crippen molar-refractivity contribution >= 4 is 48.0 Å². The molecule has 2 aromatic carbocycles. The number of nitrogens with one attached hydrogen (secondary N) is 2. The Hall–Kier alpha value is -0.720. The minimum absolute atomic E-state index is 0. The molecule has 0 amide bonds. The zero-order valence-corrected chi connectivity index (χ0v) is 19.0. The standard InChI is InChI=1S/C20H26Cl2N2O2.2ClH/c1-15-3-5-16(6-4-15)14-26-20-17(11-18(21)12-19(20)22)13-24-8-2-7-23-9-10-25;;/h3-6,11-12,23-25H,2,7-10,13-14H2,1H3;2*1H. The highest BCUT2D eigenvalue weighted by Crippen LogP contribution is 2.33. The summed E-state index contributed by atoms with van der Waals surface area (Å²) in [5.41, 5.74) is 3.25. The first kappa shape index (κ1) is 27.3. The number of benzene rings is 2. The van der Waals surface area contributed by atoms with Crippen molar-refractivity contribution in [1.82, 2.24) is 10.6 Å². The maximum Gasteiger partial charge on any atom is 0.142 e. The molecule has 0 atom stereocenters. The molecule has 0 aromatic heterocycles. The zero-order chi connectivity index (χ0) is 18.8. The van der Waals surface area contributed by atoms with E-state index in [9.17, 15) is 0 Å². The molecule has 28 heavy (non-hydrogen) atoms. The Labute approximate surface area is 189 Å². The molecule has 0 bridgehead atoms. The van der Waals surface area contributed by atoms with Gasteiger partial charge in [0.1, 0.15) is 12.4 Å². The van der Waals surface area contributed by atoms with Gasteiger partial charge in [-0.15, -0.1) is 24.8 Å². The summed E-state index contributed by atoms with van der Waals surface area (Å²) in [6.07, 6.45) is 0.966. The molecule has 0 fully saturated rings. The quantitative estimate of drug-likeness (QED) is 0.414. The second-order valence-corrected chi connectivity index (χ2v) is 7.00. The number of hydrogen-bond acceptors (Lipinski definition) is 4. The largest absolute Gasteiger partial charge is 0.487 e. The summed E-state index contributed by atoms with van der Waals surface area (Å²) < 4.78 is 5.99. The molecule has 8 heteroatoms. The molecule has 4 nitrogen and oxygen atoms in total. The summed E-state index contributed by atoms with van der Waals surface area (Å²) in [5.74, 6) is 0.669. The molecular formula is C20H28Cl4N2O2. The average molecular weight is 470 g/mol. The van der Waals surface area contributed by atoms with Crippen LogP contribution in [0.1, 0.15) is 23.1 Å². The van der Waals surface area contributed by atoms with E-state index in [4.69, 9.17) is 33.0 Å². The van der Waals surface area contributed by atoms with Gasteiger partial charge in [-0.2, -0.15) is 0 Å². The van der Waals surface area contributed by atoms with Crippen LogP contribution >= 0.6 is 48.0 Å². The third-order valence-corrected chi connectivity index (χ3v) is 4.40. The highest BCUT2D eigenvalue weighted by atomic mass is 35.5. The van der Waals surface area contributed by atoms with E-state index in [0.29, 0.717) is 35.5 Å². The summed E-state index contributed by atoms with van der Waals surface area (Å²) in [6, 6.07) is 11.8. The van der Waals surface area contributed by atoms with E-state index in [1.54, 1.807) is 6.07 Å². The van der Waals surface area contributed by atoms with E-state index in [1.165, 1.54) is 5.56 Å². The van der Waals surface area contributed by atoms with Crippen LogP contribution in [0.3, 0.4) is 0 Å². The van der Waals surface area contributed by atoms with Gasteiger partial charge in [0.05, 0.1) is 11.6 Å². The van der Waals surface area contributed by atoms with Crippen LogP contribution in [0.2, 0.25) is 10.0 Å². The maximum atomic E-state index is 8.73. The van der Waals surface area contributed by atoms with E-state index < -0.39 is 0 Å². The van der Waals surface area contributed by atoms with Gasteiger partial charge in [0.15, 0.2) is 0 Å². The molecule has 0 aliphatic heterocycles. The third-order valence-electron chi connectivity index (χ3n) is 3.90. The number of aliphatic hydroxyl groups excluding tert-OH is 1. The third kappa shape index (κ3) is 9.66. The van der Waals surface area contributed by atoms with Crippen molar-refractivity contribution < 1.29 is 9.84 Å². The zero-order valence-electron chi connectivity index (χ0n) is 15.8. The molecule has 0 saturated heterocycles. The predicted molar refractivity (Wildman–Crippen MR) is 123 cm³/mol. The summed E-state index contributed by atoms with van der Waals surface area (Å²) in [4.78, 5) is 0. The molecule has 0 aliphatic carbocycles. The lowest BCUT2D eigenvalue weighted by molar-refractivity contribution is 0.292. The fourth-order valence-electron chi connectivity index (χ4n) is 2.51. The SMILES string of the molecule is Cc1ccc(COc2c(Cl)cc(Cl)cc2CNCCCNCCO)cc1.Cl.Cl. The van der Waals surface area contributed by atoms with Crippen LogP contribution in [-0.2, 0) is 13.2 Å². The molecule has 3 N–H and O–H groups in total. The summed E-state index contributed by atoms with van der Waals surface area (Å²) in [5, 5.41) is 16.4. The minimum atomic E-state index is 0. The lowest BCUT2D eigenvalue weighted by Gasteiger charge is -2.15. The Morgan fingerprint density at radius 2 is 1.64 bits per heavy atom. The normalized spacial score (nSPS) is 10.1. The van der Waals surface area contributed by atoms with Crippen molar-refractivity contribution in [3.63, 3.8) is 0 Å². The molecule has 0 unspecified atom stereocenters. The van der Waals surface area contributed by atoms with Crippen molar-refractivity contribution in [1.29, 1.82) is 0 Å². The van der Waals surface area contributed by atoms with Gasteiger partial charge in [-0.25, -0.2) is 0 Å². The molecule has 0 heterocycles. The Balaban J connectivity index is 0.00000364. The first-order chi connectivity index (χ1) is 12.6. The van der Waals surface area contributed by atoms with E-state index in [2.05, 4.69) is 41.8 Å². The van der Waals surface area contributed by atoms with Crippen molar-refractivity contribution in [3.05, 3.63) is 63.1 Å². The van der Waals surface area contributed by atoms with Gasteiger partial charge in [0, 0.05) is 23.7 Å². The van der Waals surface area contributed by atoms with Crippen molar-refractivity contribution in [2.45, 2.75) is 26.5 Å². The van der Waals surface area contributed by atoms with Crippen LogP contribution in [0.5, 0.6) is 5.75 Å². The van der Waals surface area contributed by atoms with Gasteiger partial charge in [0.2, 0.25) is 0 Å². The second-order valence-electron chi connectivity index (χ2n) is 6.15. The predicted octanol–water partition coefficient (Wildman–Crippen LogP) is 4.79. The smallest absolute Gasteiger partial charge is 0.142 e. The average Bonchev–Trinajstić information content (AvgIpc) is 2.61. The number of aryl methyl sites for hydroxylation is 1. The first-order valence-corrected chi connectivity index (χ1v) is 9.54. The van der Waals surface area contributed by atoms with Crippen LogP contribution in [0.4, 0.5) is 0 Å². The van der Waals surface area contributed by atoms with Gasteiger partial charge < -0.3 is 20.5 Å². The fraction of sp³-hybridized carbons (Fsp3) is 0.400. The van der Waals surface area contributed by atoms with Crippen LogP contribution in [0, 0.1) is 6.92 Å². The molecule has 0 spiro atoms. The molecule has 0 saturated carbocycles. The Bertz CT molecular complexity index is 685. The molecule has 0 aliphatic rings. The lowest BCUT2D eigenvalue weighted by Crippen LogP contribution is -2.24. The van der Waals surface area contributed by atoms with E-state index in [0.717, 1.165) is 30.6 Å². The summed E-state index contributed by atoms with van der Waals surface area (Å²) in [6.45, 7) is 5.64. The van der Waals surface area contributed by atoms with Crippen molar-refractivity contribution in [3.8, 4) is 5.75 Å². The molecule has 2 aromatic rings. The number of halogens is 4. The van der Waals surface area contributed by atoms with Crippen LogP contribution in [0.15, 0.2) is 36.4 Å². The second kappa shape index (κ2) is 15.2. The fourth-order valence-corrected chi connectivity index (χ4v) is 3.10. The van der Waals surface area contributed by atoms with Crippen molar-refractivity contribution in [2.75, 3.05) is 26.2 Å². The Morgan fingerprint density at radius 1 is 0.964 bits per heavy atom. The highest BCUT2D eigenvalue weighted by Gasteiger charge is 2.11. The van der Waals surface area contributed by atoms with Gasteiger partial charge in [-0.05, 0) is 44.1 Å². The van der Waals surface area contributed by atoms with E-state index >= 15 is 0 Å². The highest BCUT2D eigenvalue weighted by molar-refractivity contribution is 6.35. The Kier molecular flexibility index (Phi) is 14.8. The van der Waals surface area contributed by atoms with Crippen LogP contribution < -0.4 is 15.4 Å². The molecular weight excluding hydrogens is 442 g/mol. The van der Waals surface area contributed by atoms with Gasteiger partial charge in [0.25, 0.3) is 0 Å². The molecule has 158 valence electrons. The van der Waals surface area contributed by atoms with Crippen LogP contribution in [0.25, 0.3) is 0 Å². The number of rotatable bonds is 11. The number of aliphatic hydroxyl groups is 1. The number of hydrogen-bond donors (Lipinski definition) is 3. The molecule has 0 radical (unpaired) electrons. The first-order valence-electron chi connectivity index (χ1n) is 8.78. The van der Waals surface area contributed by atoms with Crippen LogP contribution in [-0.4, -0.2) is 31.3 Å². The lowest BCUT2D eigenvalue weighted by atomic mass is 10.1. The topological polar surface area (TPSA) is 53.5 Å². The molecule has 2 rings (SSSR count). The monoisotopic (exact) mass is 468 g/mol. The maximum absolute atomic E-state index is 8.73. The Morgan fingerprint density at radius 3 is 2.32 bits per heavy atom.